The van der Waals surface area contributed by atoms with Gasteiger partial charge in [0.25, 0.3) is 0 Å². The minimum atomic E-state index is 0.322. The normalized spacial score (nSPS) is 17.8. The van der Waals surface area contributed by atoms with Crippen molar-refractivity contribution in [3.63, 3.8) is 0 Å². The highest BCUT2D eigenvalue weighted by Gasteiger charge is 2.20. The van der Waals surface area contributed by atoms with Crippen molar-refractivity contribution >= 4 is 21.6 Å². The zero-order chi connectivity index (χ0) is 13.2. The van der Waals surface area contributed by atoms with E-state index in [1.54, 1.807) is 6.07 Å². The molecular weight excluding hydrogens is 302 g/mol. The summed E-state index contributed by atoms with van der Waals surface area (Å²) < 4.78 is 1.08. The zero-order valence-electron chi connectivity index (χ0n) is 10.6. The van der Waals surface area contributed by atoms with Crippen molar-refractivity contribution in [2.45, 2.75) is 25.3 Å². The number of phenolic OH excluding ortho intramolecular Hbond substituents is 1. The van der Waals surface area contributed by atoms with E-state index < -0.39 is 0 Å². The molecule has 3 rings (SSSR count). The van der Waals surface area contributed by atoms with Crippen LogP contribution in [0, 0.1) is 0 Å². The standard InChI is InChI=1S/C16H16BrNO/c17-14-5-1-2-6-16(14)18-15-7-3-4-11-10-12(19)8-9-13(11)15/h1-2,5-6,8-10,15,18-19H,3-4,7H2. The summed E-state index contributed by atoms with van der Waals surface area (Å²) in [6.07, 6.45) is 3.33. The number of phenols is 1. The number of anilines is 1. The second kappa shape index (κ2) is 5.25. The molecule has 2 nitrogen and oxygen atoms in total. The summed E-state index contributed by atoms with van der Waals surface area (Å²) in [5.41, 5.74) is 3.68. The van der Waals surface area contributed by atoms with E-state index in [0.29, 0.717) is 11.8 Å². The molecule has 3 heteroatoms. The summed E-state index contributed by atoms with van der Waals surface area (Å²) in [5.74, 6) is 0.361. The zero-order valence-corrected chi connectivity index (χ0v) is 12.2. The van der Waals surface area contributed by atoms with Gasteiger partial charge in [0, 0.05) is 10.2 Å². The summed E-state index contributed by atoms with van der Waals surface area (Å²) in [6.45, 7) is 0. The average molecular weight is 318 g/mol. The van der Waals surface area contributed by atoms with Gasteiger partial charge in [0.15, 0.2) is 0 Å². The predicted molar refractivity (Wildman–Crippen MR) is 81.6 cm³/mol. The van der Waals surface area contributed by atoms with Gasteiger partial charge in [-0.3, -0.25) is 0 Å². The molecule has 0 bridgehead atoms. The van der Waals surface area contributed by atoms with Crippen LogP contribution in [0.1, 0.15) is 30.0 Å². The molecule has 0 radical (unpaired) electrons. The molecule has 1 unspecified atom stereocenters. The molecule has 0 spiro atoms. The highest BCUT2D eigenvalue weighted by atomic mass is 79.9. The number of hydrogen-bond donors (Lipinski definition) is 2. The fourth-order valence-electron chi connectivity index (χ4n) is 2.72. The molecule has 0 heterocycles. The molecule has 0 fully saturated rings. The van der Waals surface area contributed by atoms with Gasteiger partial charge < -0.3 is 10.4 Å². The average Bonchev–Trinajstić information content (AvgIpc) is 2.41. The summed E-state index contributed by atoms with van der Waals surface area (Å²) in [4.78, 5) is 0. The molecule has 0 aliphatic heterocycles. The van der Waals surface area contributed by atoms with E-state index >= 15 is 0 Å². The first-order valence-corrected chi connectivity index (χ1v) is 7.36. The first kappa shape index (κ1) is 12.5. The molecule has 2 N–H and O–H groups in total. The second-order valence-electron chi connectivity index (χ2n) is 4.95. The lowest BCUT2D eigenvalue weighted by molar-refractivity contribution is 0.472. The molecule has 0 amide bonds. The first-order chi connectivity index (χ1) is 9.24. The van der Waals surface area contributed by atoms with E-state index in [0.717, 1.165) is 29.4 Å². The van der Waals surface area contributed by atoms with Crippen LogP contribution in [0.3, 0.4) is 0 Å². The van der Waals surface area contributed by atoms with Crippen LogP contribution in [0.2, 0.25) is 0 Å². The monoisotopic (exact) mass is 317 g/mol. The molecule has 1 aliphatic rings. The predicted octanol–water partition coefficient (Wildman–Crippen LogP) is 4.64. The Kier molecular flexibility index (Phi) is 3.47. The van der Waals surface area contributed by atoms with E-state index in [9.17, 15) is 5.11 Å². The van der Waals surface area contributed by atoms with E-state index in [-0.39, 0.29) is 0 Å². The highest BCUT2D eigenvalue weighted by Crippen LogP contribution is 2.35. The maximum atomic E-state index is 9.58. The second-order valence-corrected chi connectivity index (χ2v) is 5.81. The van der Waals surface area contributed by atoms with Crippen LogP contribution in [0.4, 0.5) is 5.69 Å². The molecule has 0 saturated carbocycles. The van der Waals surface area contributed by atoms with Gasteiger partial charge in [0.05, 0.1) is 6.04 Å². The lowest BCUT2D eigenvalue weighted by atomic mass is 9.87. The molecule has 19 heavy (non-hydrogen) atoms. The molecule has 1 aliphatic carbocycles. The minimum Gasteiger partial charge on any atom is -0.508 e. The molecule has 1 atom stereocenters. The minimum absolute atomic E-state index is 0.322. The number of fused-ring (bicyclic) bond motifs is 1. The van der Waals surface area contributed by atoms with Crippen LogP contribution < -0.4 is 5.32 Å². The number of benzene rings is 2. The summed E-state index contributed by atoms with van der Waals surface area (Å²) >= 11 is 3.57. The lowest BCUT2D eigenvalue weighted by Gasteiger charge is -2.27. The van der Waals surface area contributed by atoms with Crippen molar-refractivity contribution in [1.29, 1.82) is 0 Å². The topological polar surface area (TPSA) is 32.3 Å². The summed E-state index contributed by atoms with van der Waals surface area (Å²) in [7, 11) is 0. The van der Waals surface area contributed by atoms with Crippen molar-refractivity contribution in [2.75, 3.05) is 5.32 Å². The number of rotatable bonds is 2. The van der Waals surface area contributed by atoms with Crippen LogP contribution in [0.15, 0.2) is 46.9 Å². The van der Waals surface area contributed by atoms with Gasteiger partial charge in [0.1, 0.15) is 5.75 Å². The maximum absolute atomic E-state index is 9.58. The van der Waals surface area contributed by atoms with Crippen LogP contribution >= 0.6 is 15.9 Å². The molecule has 2 aromatic carbocycles. The van der Waals surface area contributed by atoms with Gasteiger partial charge in [0.2, 0.25) is 0 Å². The Bertz CT molecular complexity index is 597. The van der Waals surface area contributed by atoms with Crippen LogP contribution in [0.5, 0.6) is 5.75 Å². The van der Waals surface area contributed by atoms with Gasteiger partial charge in [-0.1, -0.05) is 18.2 Å². The number of aromatic hydroxyl groups is 1. The Labute approximate surface area is 121 Å². The van der Waals surface area contributed by atoms with Gasteiger partial charge >= 0.3 is 0 Å². The van der Waals surface area contributed by atoms with Crippen molar-refractivity contribution in [1.82, 2.24) is 0 Å². The third-order valence-electron chi connectivity index (χ3n) is 3.64. The maximum Gasteiger partial charge on any atom is 0.115 e. The molecule has 98 valence electrons. The van der Waals surface area contributed by atoms with Crippen molar-refractivity contribution < 1.29 is 5.11 Å². The smallest absolute Gasteiger partial charge is 0.115 e. The lowest BCUT2D eigenvalue weighted by Crippen LogP contribution is -2.17. The van der Waals surface area contributed by atoms with Crippen molar-refractivity contribution in [2.24, 2.45) is 0 Å². The van der Waals surface area contributed by atoms with E-state index in [4.69, 9.17) is 0 Å². The quantitative estimate of drug-likeness (QED) is 0.845. The summed E-state index contributed by atoms with van der Waals surface area (Å²) in [5, 5.41) is 13.2. The largest absolute Gasteiger partial charge is 0.508 e. The van der Waals surface area contributed by atoms with E-state index in [1.807, 2.05) is 30.3 Å². The third kappa shape index (κ3) is 2.61. The molecular formula is C16H16BrNO. The Hall–Kier alpha value is -1.48. The summed E-state index contributed by atoms with van der Waals surface area (Å²) in [6, 6.07) is 14.2. The van der Waals surface area contributed by atoms with Crippen LogP contribution in [-0.2, 0) is 6.42 Å². The molecule has 0 aromatic heterocycles. The van der Waals surface area contributed by atoms with Crippen molar-refractivity contribution in [3.8, 4) is 5.75 Å². The Morgan fingerprint density at radius 1 is 1.16 bits per heavy atom. The highest BCUT2D eigenvalue weighted by molar-refractivity contribution is 9.10. The Morgan fingerprint density at radius 2 is 2.00 bits per heavy atom. The van der Waals surface area contributed by atoms with E-state index in [2.05, 4.69) is 27.3 Å². The SMILES string of the molecule is Oc1ccc2c(c1)CCCC2Nc1ccccc1Br. The number of halogens is 1. The fourth-order valence-corrected chi connectivity index (χ4v) is 3.12. The van der Waals surface area contributed by atoms with Gasteiger partial charge in [-0.25, -0.2) is 0 Å². The first-order valence-electron chi connectivity index (χ1n) is 6.57. The van der Waals surface area contributed by atoms with Gasteiger partial charge in [-0.15, -0.1) is 0 Å². The Morgan fingerprint density at radius 3 is 2.84 bits per heavy atom. The number of aryl methyl sites for hydroxylation is 1. The fraction of sp³-hybridized carbons (Fsp3) is 0.250. The van der Waals surface area contributed by atoms with Crippen LogP contribution in [0.25, 0.3) is 0 Å². The van der Waals surface area contributed by atoms with Gasteiger partial charge in [-0.2, -0.15) is 0 Å². The molecule has 0 saturated heterocycles. The van der Waals surface area contributed by atoms with Crippen molar-refractivity contribution in [3.05, 3.63) is 58.1 Å². The molecule has 2 aromatic rings. The van der Waals surface area contributed by atoms with E-state index in [1.165, 1.54) is 11.1 Å². The number of nitrogens with one attached hydrogen (secondary N) is 1. The number of para-hydroxylation sites is 1. The number of hydrogen-bond acceptors (Lipinski definition) is 2. The third-order valence-corrected chi connectivity index (χ3v) is 4.34. The van der Waals surface area contributed by atoms with Crippen LogP contribution in [-0.4, -0.2) is 5.11 Å². The Balaban J connectivity index is 1.90. The van der Waals surface area contributed by atoms with Gasteiger partial charge in [-0.05, 0) is 70.6 Å².